The number of aryl methyl sites for hydroxylation is 1. The minimum absolute atomic E-state index is 0.227. The Bertz CT molecular complexity index is 946. The Balaban J connectivity index is 1.23. The van der Waals surface area contributed by atoms with Gasteiger partial charge >= 0.3 is 6.03 Å². The highest BCUT2D eigenvalue weighted by atomic mass is 32.1. The summed E-state index contributed by atoms with van der Waals surface area (Å²) in [4.78, 5) is 23.5. The van der Waals surface area contributed by atoms with E-state index < -0.39 is 0 Å². The maximum absolute atomic E-state index is 12.1. The van der Waals surface area contributed by atoms with Crippen LogP contribution in [0.25, 0.3) is 10.6 Å². The minimum atomic E-state index is -0.227. The van der Waals surface area contributed by atoms with Crippen molar-refractivity contribution in [2.45, 2.75) is 26.2 Å². The van der Waals surface area contributed by atoms with Crippen molar-refractivity contribution in [3.63, 3.8) is 0 Å². The van der Waals surface area contributed by atoms with Crippen molar-refractivity contribution >= 4 is 28.9 Å². The molecular weight excluding hydrogens is 382 g/mol. The van der Waals surface area contributed by atoms with Gasteiger partial charge < -0.3 is 15.5 Å². The molecule has 1 saturated heterocycles. The lowest BCUT2D eigenvalue weighted by molar-refractivity contribution is 0.252. The summed E-state index contributed by atoms with van der Waals surface area (Å²) in [6.07, 6.45) is 4.84. The van der Waals surface area contributed by atoms with E-state index >= 15 is 0 Å². The molecule has 1 aliphatic rings. The highest BCUT2D eigenvalue weighted by molar-refractivity contribution is 7.13. The van der Waals surface area contributed by atoms with E-state index in [0.717, 1.165) is 35.2 Å². The van der Waals surface area contributed by atoms with E-state index in [2.05, 4.69) is 62.1 Å². The number of aromatic nitrogens is 2. The molecule has 0 saturated carbocycles. The minimum Gasteiger partial charge on any atom is -0.357 e. The first kappa shape index (κ1) is 19.4. The second kappa shape index (κ2) is 9.05. The fourth-order valence-corrected chi connectivity index (χ4v) is 4.18. The summed E-state index contributed by atoms with van der Waals surface area (Å²) in [5.41, 5.74) is 4.05. The van der Waals surface area contributed by atoms with Gasteiger partial charge in [-0.05, 0) is 31.9 Å². The van der Waals surface area contributed by atoms with Crippen molar-refractivity contribution in [2.75, 3.05) is 29.9 Å². The second-order valence-corrected chi connectivity index (χ2v) is 8.10. The zero-order valence-electron chi connectivity index (χ0n) is 16.5. The van der Waals surface area contributed by atoms with Crippen LogP contribution in [0.4, 0.5) is 16.3 Å². The number of nitrogens with zero attached hydrogens (tertiary/aromatic N) is 3. The average Bonchev–Trinajstić information content (AvgIpc) is 3.42. The van der Waals surface area contributed by atoms with E-state index in [4.69, 9.17) is 0 Å². The van der Waals surface area contributed by atoms with Crippen LogP contribution in [0.15, 0.2) is 48.0 Å². The van der Waals surface area contributed by atoms with E-state index in [9.17, 15) is 4.79 Å². The maximum Gasteiger partial charge on any atom is 0.319 e. The Morgan fingerprint density at radius 3 is 2.66 bits per heavy atom. The molecule has 3 aromatic rings. The molecule has 0 aliphatic carbocycles. The lowest BCUT2D eigenvalue weighted by Crippen LogP contribution is -2.30. The van der Waals surface area contributed by atoms with Gasteiger partial charge in [0.15, 0.2) is 0 Å². The summed E-state index contributed by atoms with van der Waals surface area (Å²) in [5, 5.41) is 8.78. The molecule has 150 valence electrons. The van der Waals surface area contributed by atoms with Gasteiger partial charge in [0, 0.05) is 37.0 Å². The number of carbonyl (C=O) groups is 1. The number of nitrogens with one attached hydrogen (secondary N) is 2. The third kappa shape index (κ3) is 5.12. The number of hydrogen-bond acceptors (Lipinski definition) is 5. The smallest absolute Gasteiger partial charge is 0.319 e. The van der Waals surface area contributed by atoms with Crippen LogP contribution in [0.2, 0.25) is 0 Å². The van der Waals surface area contributed by atoms with Crippen LogP contribution < -0.4 is 15.5 Å². The van der Waals surface area contributed by atoms with Crippen LogP contribution in [0.1, 0.15) is 24.1 Å². The van der Waals surface area contributed by atoms with Crippen LogP contribution in [-0.4, -0.2) is 35.6 Å². The van der Waals surface area contributed by atoms with Gasteiger partial charge in [0.2, 0.25) is 0 Å². The van der Waals surface area contributed by atoms with Gasteiger partial charge in [-0.2, -0.15) is 0 Å². The number of pyridine rings is 1. The molecule has 0 unspecified atom stereocenters. The molecule has 29 heavy (non-hydrogen) atoms. The highest BCUT2D eigenvalue weighted by Crippen LogP contribution is 2.24. The number of rotatable bonds is 6. The third-order valence-electron chi connectivity index (χ3n) is 4.95. The Morgan fingerprint density at radius 1 is 1.14 bits per heavy atom. The van der Waals surface area contributed by atoms with Crippen LogP contribution in [0.3, 0.4) is 0 Å². The van der Waals surface area contributed by atoms with E-state index in [1.165, 1.54) is 18.4 Å². The highest BCUT2D eigenvalue weighted by Gasteiger charge is 2.13. The number of anilines is 2. The van der Waals surface area contributed by atoms with Gasteiger partial charge in [-0.15, -0.1) is 11.3 Å². The zero-order valence-corrected chi connectivity index (χ0v) is 17.3. The monoisotopic (exact) mass is 407 g/mol. The molecule has 1 aliphatic heterocycles. The Kier molecular flexibility index (Phi) is 6.05. The Labute approximate surface area is 175 Å². The molecule has 0 spiro atoms. The van der Waals surface area contributed by atoms with Crippen molar-refractivity contribution in [3.8, 4) is 10.6 Å². The molecule has 0 bridgehead atoms. The normalized spacial score (nSPS) is 13.5. The van der Waals surface area contributed by atoms with Crippen molar-refractivity contribution in [2.24, 2.45) is 0 Å². The molecular formula is C22H25N5OS. The molecule has 4 rings (SSSR count). The number of hydrogen-bond donors (Lipinski definition) is 2. The number of carbonyl (C=O) groups excluding carboxylic acids is 1. The topological polar surface area (TPSA) is 70.2 Å². The molecule has 1 fully saturated rings. The Morgan fingerprint density at radius 2 is 1.93 bits per heavy atom. The molecule has 2 aromatic heterocycles. The molecule has 0 radical (unpaired) electrons. The van der Waals surface area contributed by atoms with E-state index in [1.807, 2.05) is 12.1 Å². The summed E-state index contributed by atoms with van der Waals surface area (Å²) in [6, 6.07) is 12.0. The lowest BCUT2D eigenvalue weighted by atomic mass is 10.2. The SMILES string of the molecule is Cc1ccc(-c2nc(CCNC(=O)Nc3ccc(N4CCCC4)nc3)cs2)cc1. The quantitative estimate of drug-likeness (QED) is 0.632. The fraction of sp³-hybridized carbons (Fsp3) is 0.318. The van der Waals surface area contributed by atoms with E-state index in [-0.39, 0.29) is 6.03 Å². The average molecular weight is 408 g/mol. The van der Waals surface area contributed by atoms with Crippen molar-refractivity contribution in [3.05, 3.63) is 59.2 Å². The van der Waals surface area contributed by atoms with Gasteiger partial charge in [0.25, 0.3) is 0 Å². The fourth-order valence-electron chi connectivity index (χ4n) is 3.32. The summed E-state index contributed by atoms with van der Waals surface area (Å²) in [5.74, 6) is 0.973. The van der Waals surface area contributed by atoms with E-state index in [0.29, 0.717) is 18.7 Å². The van der Waals surface area contributed by atoms with Crippen molar-refractivity contribution < 1.29 is 4.79 Å². The molecule has 2 N–H and O–H groups in total. The number of benzene rings is 1. The summed E-state index contributed by atoms with van der Waals surface area (Å²) in [7, 11) is 0. The van der Waals surface area contributed by atoms with E-state index in [1.54, 1.807) is 17.5 Å². The van der Waals surface area contributed by atoms with Gasteiger partial charge in [-0.1, -0.05) is 29.8 Å². The van der Waals surface area contributed by atoms with Crippen LogP contribution in [-0.2, 0) is 6.42 Å². The predicted molar refractivity (Wildman–Crippen MR) is 119 cm³/mol. The zero-order chi connectivity index (χ0) is 20.1. The number of urea groups is 1. The predicted octanol–water partition coefficient (Wildman–Crippen LogP) is 4.48. The van der Waals surface area contributed by atoms with Crippen molar-refractivity contribution in [1.82, 2.24) is 15.3 Å². The number of thiazole rings is 1. The van der Waals surface area contributed by atoms with Gasteiger partial charge in [-0.3, -0.25) is 0 Å². The molecule has 3 heterocycles. The number of amides is 2. The summed E-state index contributed by atoms with van der Waals surface area (Å²) >= 11 is 1.63. The van der Waals surface area contributed by atoms with Crippen LogP contribution >= 0.6 is 11.3 Å². The van der Waals surface area contributed by atoms with Gasteiger partial charge in [-0.25, -0.2) is 14.8 Å². The molecule has 1 aromatic carbocycles. The van der Waals surface area contributed by atoms with Crippen LogP contribution in [0, 0.1) is 6.92 Å². The first-order chi connectivity index (χ1) is 14.2. The van der Waals surface area contributed by atoms with Gasteiger partial charge in [0.1, 0.15) is 10.8 Å². The maximum atomic E-state index is 12.1. The third-order valence-corrected chi connectivity index (χ3v) is 5.89. The molecule has 2 amide bonds. The standard InChI is InChI=1S/C22H25N5OS/c1-16-4-6-17(7-5-16)21-25-19(15-29-21)10-11-23-22(28)26-18-8-9-20(24-14-18)27-12-2-3-13-27/h4-9,14-15H,2-3,10-13H2,1H3,(H2,23,26,28). The largest absolute Gasteiger partial charge is 0.357 e. The first-order valence-corrected chi connectivity index (χ1v) is 10.8. The molecule has 6 nitrogen and oxygen atoms in total. The van der Waals surface area contributed by atoms with Crippen LogP contribution in [0.5, 0.6) is 0 Å². The Hall–Kier alpha value is -2.93. The first-order valence-electron chi connectivity index (χ1n) is 9.95. The van der Waals surface area contributed by atoms with Crippen molar-refractivity contribution in [1.29, 1.82) is 0 Å². The lowest BCUT2D eigenvalue weighted by Gasteiger charge is -2.16. The second-order valence-electron chi connectivity index (χ2n) is 7.24. The molecule has 0 atom stereocenters. The summed E-state index contributed by atoms with van der Waals surface area (Å²) in [6.45, 7) is 4.72. The summed E-state index contributed by atoms with van der Waals surface area (Å²) < 4.78 is 0. The van der Waals surface area contributed by atoms with Gasteiger partial charge in [0.05, 0.1) is 17.6 Å². The molecule has 7 heteroatoms.